The molecular formula is C17H16I2O4. The number of benzene rings is 2. The molecule has 0 heterocycles. The van der Waals surface area contributed by atoms with Crippen LogP contribution in [-0.2, 0) is 0 Å². The second kappa shape index (κ2) is 8.72. The molecule has 0 atom stereocenters. The standard InChI is InChI=1S/C17H16I2O4/c1-2-3-8-22-12-4-6-13(7-5-12)23-16-14(18)9-11(17(20)21)10-15(16)19/h4-7,9-10H,2-3,8H2,1H3,(H,20,21). The van der Waals surface area contributed by atoms with Gasteiger partial charge in [-0.3, -0.25) is 0 Å². The van der Waals surface area contributed by atoms with Gasteiger partial charge in [0.05, 0.1) is 19.3 Å². The molecule has 2 rings (SSSR count). The lowest BCUT2D eigenvalue weighted by Crippen LogP contribution is -2.00. The average molecular weight is 538 g/mol. The zero-order valence-electron chi connectivity index (χ0n) is 12.5. The summed E-state index contributed by atoms with van der Waals surface area (Å²) in [6.45, 7) is 2.84. The van der Waals surface area contributed by atoms with Gasteiger partial charge in [-0.05, 0) is 88.0 Å². The van der Waals surface area contributed by atoms with E-state index in [0.29, 0.717) is 18.1 Å². The van der Waals surface area contributed by atoms with Gasteiger partial charge in [-0.25, -0.2) is 4.79 Å². The summed E-state index contributed by atoms with van der Waals surface area (Å²) in [5.41, 5.74) is 0.255. The van der Waals surface area contributed by atoms with Crippen LogP contribution < -0.4 is 9.47 Å². The number of aromatic carboxylic acids is 1. The first-order valence-electron chi connectivity index (χ1n) is 7.14. The van der Waals surface area contributed by atoms with Crippen LogP contribution in [0.1, 0.15) is 30.1 Å². The highest BCUT2D eigenvalue weighted by molar-refractivity contribution is 14.1. The number of rotatable bonds is 7. The number of halogens is 2. The third-order valence-corrected chi connectivity index (χ3v) is 4.66. The minimum atomic E-state index is -0.944. The number of unbranched alkanes of at least 4 members (excludes halogenated alkanes) is 1. The molecule has 0 saturated carbocycles. The quantitative estimate of drug-likeness (QED) is 0.371. The topological polar surface area (TPSA) is 55.8 Å². The molecular weight excluding hydrogens is 522 g/mol. The van der Waals surface area contributed by atoms with Gasteiger partial charge in [0.2, 0.25) is 0 Å². The SMILES string of the molecule is CCCCOc1ccc(Oc2c(I)cc(C(=O)O)cc2I)cc1. The Morgan fingerprint density at radius 2 is 1.65 bits per heavy atom. The van der Waals surface area contributed by atoms with Crippen molar-refractivity contribution in [2.24, 2.45) is 0 Å². The van der Waals surface area contributed by atoms with Gasteiger partial charge in [0.15, 0.2) is 5.75 Å². The van der Waals surface area contributed by atoms with Crippen molar-refractivity contribution in [3.63, 3.8) is 0 Å². The van der Waals surface area contributed by atoms with Crippen molar-refractivity contribution in [3.05, 3.63) is 49.1 Å². The Hall–Kier alpha value is -1.03. The van der Waals surface area contributed by atoms with E-state index in [0.717, 1.165) is 25.7 Å². The molecule has 0 saturated heterocycles. The third-order valence-electron chi connectivity index (χ3n) is 3.06. The predicted molar refractivity (Wildman–Crippen MR) is 106 cm³/mol. The van der Waals surface area contributed by atoms with Crippen LogP contribution in [0.15, 0.2) is 36.4 Å². The van der Waals surface area contributed by atoms with E-state index in [1.165, 1.54) is 0 Å². The van der Waals surface area contributed by atoms with Gasteiger partial charge < -0.3 is 14.6 Å². The molecule has 0 aromatic heterocycles. The maximum atomic E-state index is 11.1. The summed E-state index contributed by atoms with van der Waals surface area (Å²) < 4.78 is 13.0. The summed E-state index contributed by atoms with van der Waals surface area (Å²) in [7, 11) is 0. The number of ether oxygens (including phenoxy) is 2. The van der Waals surface area contributed by atoms with Gasteiger partial charge in [0.1, 0.15) is 11.5 Å². The fourth-order valence-corrected chi connectivity index (χ4v) is 3.83. The van der Waals surface area contributed by atoms with Crippen molar-refractivity contribution in [1.29, 1.82) is 0 Å². The Morgan fingerprint density at radius 1 is 1.09 bits per heavy atom. The first-order chi connectivity index (χ1) is 11.0. The second-order valence-electron chi connectivity index (χ2n) is 4.85. The van der Waals surface area contributed by atoms with Crippen LogP contribution >= 0.6 is 45.2 Å². The van der Waals surface area contributed by atoms with Crippen LogP contribution in [-0.4, -0.2) is 17.7 Å². The fourth-order valence-electron chi connectivity index (χ4n) is 1.84. The highest BCUT2D eigenvalue weighted by Crippen LogP contribution is 2.33. The molecule has 2 aromatic carbocycles. The van der Waals surface area contributed by atoms with E-state index in [1.807, 2.05) is 24.3 Å². The van der Waals surface area contributed by atoms with Crippen LogP contribution in [0.5, 0.6) is 17.2 Å². The third kappa shape index (κ3) is 5.23. The van der Waals surface area contributed by atoms with E-state index in [9.17, 15) is 4.79 Å². The van der Waals surface area contributed by atoms with Crippen molar-refractivity contribution in [2.75, 3.05) is 6.61 Å². The second-order valence-corrected chi connectivity index (χ2v) is 7.17. The van der Waals surface area contributed by atoms with E-state index < -0.39 is 5.97 Å². The highest BCUT2D eigenvalue weighted by Gasteiger charge is 2.13. The first-order valence-corrected chi connectivity index (χ1v) is 9.30. The molecule has 0 aliphatic carbocycles. The van der Waals surface area contributed by atoms with Crippen molar-refractivity contribution < 1.29 is 19.4 Å². The summed E-state index contributed by atoms with van der Waals surface area (Å²) in [6, 6.07) is 10.6. The maximum Gasteiger partial charge on any atom is 0.335 e. The summed E-state index contributed by atoms with van der Waals surface area (Å²) >= 11 is 4.17. The summed E-state index contributed by atoms with van der Waals surface area (Å²) in [6.07, 6.45) is 2.13. The van der Waals surface area contributed by atoms with E-state index in [1.54, 1.807) is 12.1 Å². The normalized spacial score (nSPS) is 10.4. The minimum absolute atomic E-state index is 0.255. The van der Waals surface area contributed by atoms with Gasteiger partial charge in [-0.15, -0.1) is 0 Å². The fraction of sp³-hybridized carbons (Fsp3) is 0.235. The Balaban J connectivity index is 2.11. The number of carboxylic acid groups (broad SMARTS) is 1. The smallest absolute Gasteiger partial charge is 0.335 e. The zero-order valence-corrected chi connectivity index (χ0v) is 16.8. The van der Waals surface area contributed by atoms with Gasteiger partial charge in [-0.2, -0.15) is 0 Å². The van der Waals surface area contributed by atoms with Crippen molar-refractivity contribution >= 4 is 51.2 Å². The van der Waals surface area contributed by atoms with Crippen LogP contribution in [0.2, 0.25) is 0 Å². The molecule has 4 nitrogen and oxygen atoms in total. The monoisotopic (exact) mass is 538 g/mol. The van der Waals surface area contributed by atoms with Crippen molar-refractivity contribution in [3.8, 4) is 17.2 Å². The van der Waals surface area contributed by atoms with E-state index in [2.05, 4.69) is 52.1 Å². The Morgan fingerprint density at radius 3 is 2.17 bits per heavy atom. The molecule has 0 spiro atoms. The zero-order chi connectivity index (χ0) is 16.8. The molecule has 122 valence electrons. The Bertz CT molecular complexity index is 660. The largest absolute Gasteiger partial charge is 0.494 e. The van der Waals surface area contributed by atoms with Gasteiger partial charge in [0, 0.05) is 0 Å². The van der Waals surface area contributed by atoms with Crippen LogP contribution in [0.3, 0.4) is 0 Å². The van der Waals surface area contributed by atoms with Gasteiger partial charge in [-0.1, -0.05) is 13.3 Å². The highest BCUT2D eigenvalue weighted by atomic mass is 127. The summed E-state index contributed by atoms with van der Waals surface area (Å²) in [5, 5.41) is 9.07. The van der Waals surface area contributed by atoms with Crippen molar-refractivity contribution in [2.45, 2.75) is 19.8 Å². The van der Waals surface area contributed by atoms with Gasteiger partial charge >= 0.3 is 5.97 Å². The predicted octanol–water partition coefficient (Wildman–Crippen LogP) is 5.57. The molecule has 0 bridgehead atoms. The lowest BCUT2D eigenvalue weighted by atomic mass is 10.2. The molecule has 0 aliphatic heterocycles. The number of hydrogen-bond donors (Lipinski definition) is 1. The molecule has 23 heavy (non-hydrogen) atoms. The molecule has 0 amide bonds. The molecule has 0 radical (unpaired) electrons. The lowest BCUT2D eigenvalue weighted by Gasteiger charge is -2.12. The van der Waals surface area contributed by atoms with E-state index >= 15 is 0 Å². The minimum Gasteiger partial charge on any atom is -0.494 e. The number of carbonyl (C=O) groups is 1. The van der Waals surface area contributed by atoms with Crippen LogP contribution in [0.4, 0.5) is 0 Å². The molecule has 0 unspecified atom stereocenters. The Kier molecular flexibility index (Phi) is 6.94. The lowest BCUT2D eigenvalue weighted by molar-refractivity contribution is 0.0696. The molecule has 0 fully saturated rings. The van der Waals surface area contributed by atoms with Crippen LogP contribution in [0.25, 0.3) is 0 Å². The van der Waals surface area contributed by atoms with Crippen LogP contribution in [0, 0.1) is 7.14 Å². The number of hydrogen-bond acceptors (Lipinski definition) is 3. The molecule has 6 heteroatoms. The molecule has 0 aliphatic rings. The van der Waals surface area contributed by atoms with Gasteiger partial charge in [0.25, 0.3) is 0 Å². The van der Waals surface area contributed by atoms with E-state index in [4.69, 9.17) is 14.6 Å². The summed E-state index contributed by atoms with van der Waals surface area (Å²) in [4.78, 5) is 11.1. The molecule has 1 N–H and O–H groups in total. The molecule has 2 aromatic rings. The average Bonchev–Trinajstić information content (AvgIpc) is 2.52. The number of carboxylic acids is 1. The van der Waals surface area contributed by atoms with E-state index in [-0.39, 0.29) is 5.56 Å². The summed E-state index contributed by atoms with van der Waals surface area (Å²) in [5.74, 6) is 1.22. The Labute approximate surface area is 162 Å². The maximum absolute atomic E-state index is 11.1. The first kappa shape index (κ1) is 18.3. The van der Waals surface area contributed by atoms with Crippen molar-refractivity contribution in [1.82, 2.24) is 0 Å².